The van der Waals surface area contributed by atoms with Gasteiger partial charge in [-0.3, -0.25) is 9.78 Å². The third kappa shape index (κ3) is 3.96. The van der Waals surface area contributed by atoms with Crippen LogP contribution in [0.1, 0.15) is 45.6 Å². The van der Waals surface area contributed by atoms with Crippen molar-refractivity contribution in [2.75, 3.05) is 20.2 Å². The number of rotatable bonds is 6. The average Bonchev–Trinajstić information content (AvgIpc) is 3.51. The number of dihydropyridines is 1. The van der Waals surface area contributed by atoms with Gasteiger partial charge in [-0.2, -0.15) is 0 Å². The van der Waals surface area contributed by atoms with Crippen LogP contribution in [0.25, 0.3) is 5.57 Å². The predicted octanol–water partition coefficient (Wildman–Crippen LogP) is 1.98. The second-order valence-corrected chi connectivity index (χ2v) is 9.32. The molecule has 162 valence electrons. The lowest BCUT2D eigenvalue weighted by Crippen LogP contribution is -2.50. The molecule has 1 aliphatic carbocycles. The van der Waals surface area contributed by atoms with Crippen LogP contribution < -0.4 is 16.4 Å². The number of carbonyl (C=O) groups is 1. The molecule has 7 heteroatoms. The molecule has 1 saturated carbocycles. The highest BCUT2D eigenvalue weighted by atomic mass is 16.5. The summed E-state index contributed by atoms with van der Waals surface area (Å²) in [6, 6.07) is 4.08. The molecule has 2 fully saturated rings. The number of nitrogens with two attached hydrogens (primary N) is 1. The van der Waals surface area contributed by atoms with Crippen molar-refractivity contribution < 1.29 is 9.53 Å². The van der Waals surface area contributed by atoms with Crippen LogP contribution in [0.3, 0.4) is 0 Å². The van der Waals surface area contributed by atoms with Crippen molar-refractivity contribution in [3.8, 4) is 0 Å². The summed E-state index contributed by atoms with van der Waals surface area (Å²) in [5.41, 5.74) is 8.80. The first-order valence-corrected chi connectivity index (χ1v) is 10.8. The van der Waals surface area contributed by atoms with Crippen LogP contribution in [0.4, 0.5) is 0 Å². The predicted molar refractivity (Wildman–Crippen MR) is 117 cm³/mol. The average molecular weight is 412 g/mol. The van der Waals surface area contributed by atoms with Crippen molar-refractivity contribution in [1.82, 2.24) is 20.5 Å². The topological polar surface area (TPSA) is 92.5 Å². The van der Waals surface area contributed by atoms with E-state index >= 15 is 0 Å². The Morgan fingerprint density at radius 3 is 2.63 bits per heavy atom. The molecular weight excluding hydrogens is 378 g/mol. The van der Waals surface area contributed by atoms with Gasteiger partial charge in [0.25, 0.3) is 5.91 Å². The van der Waals surface area contributed by atoms with E-state index in [2.05, 4.69) is 34.4 Å². The Morgan fingerprint density at radius 2 is 2.07 bits per heavy atom. The van der Waals surface area contributed by atoms with E-state index in [1.807, 2.05) is 19.1 Å². The largest absolute Gasteiger partial charge is 0.369 e. The van der Waals surface area contributed by atoms with Crippen LogP contribution in [-0.2, 0) is 9.53 Å². The van der Waals surface area contributed by atoms with Crippen molar-refractivity contribution in [2.45, 2.75) is 57.3 Å². The first kappa shape index (κ1) is 20.9. The van der Waals surface area contributed by atoms with Crippen LogP contribution >= 0.6 is 0 Å². The summed E-state index contributed by atoms with van der Waals surface area (Å²) in [5, 5.41) is 6.55. The summed E-state index contributed by atoms with van der Waals surface area (Å²) in [5.74, 6) is 0.522. The maximum Gasteiger partial charge on any atom is 0.255 e. The number of amides is 1. The molecule has 3 aliphatic rings. The van der Waals surface area contributed by atoms with E-state index in [-0.39, 0.29) is 17.5 Å². The van der Waals surface area contributed by atoms with E-state index in [0.29, 0.717) is 18.0 Å². The Morgan fingerprint density at radius 1 is 1.37 bits per heavy atom. The van der Waals surface area contributed by atoms with Crippen LogP contribution in [0, 0.1) is 5.92 Å². The molecule has 4 rings (SSSR count). The molecule has 1 aromatic rings. The van der Waals surface area contributed by atoms with Gasteiger partial charge in [-0.1, -0.05) is 0 Å². The molecule has 1 aromatic heterocycles. The van der Waals surface area contributed by atoms with E-state index < -0.39 is 5.72 Å². The van der Waals surface area contributed by atoms with E-state index in [9.17, 15) is 4.79 Å². The van der Waals surface area contributed by atoms with Gasteiger partial charge >= 0.3 is 0 Å². The quantitative estimate of drug-likeness (QED) is 0.663. The molecule has 2 aliphatic heterocycles. The van der Waals surface area contributed by atoms with E-state index in [0.717, 1.165) is 29.8 Å². The van der Waals surface area contributed by atoms with E-state index in [1.165, 1.54) is 12.8 Å². The Hall–Kier alpha value is -2.38. The van der Waals surface area contributed by atoms with Crippen molar-refractivity contribution >= 4 is 11.5 Å². The van der Waals surface area contributed by atoms with Crippen LogP contribution in [0.15, 0.2) is 42.0 Å². The lowest BCUT2D eigenvalue weighted by atomic mass is 9.88. The smallest absolute Gasteiger partial charge is 0.255 e. The molecule has 3 atom stereocenters. The molecule has 2 unspecified atom stereocenters. The maximum absolute atomic E-state index is 13.4. The molecule has 7 nitrogen and oxygen atoms in total. The summed E-state index contributed by atoms with van der Waals surface area (Å²) in [7, 11) is 1.68. The third-order valence-corrected chi connectivity index (χ3v) is 6.59. The zero-order valence-corrected chi connectivity index (χ0v) is 18.4. The summed E-state index contributed by atoms with van der Waals surface area (Å²) >= 11 is 0. The molecular formula is C23H33N5O2. The molecule has 4 N–H and O–H groups in total. The molecule has 1 amide bonds. The van der Waals surface area contributed by atoms with Gasteiger partial charge < -0.3 is 26.0 Å². The van der Waals surface area contributed by atoms with Gasteiger partial charge in [0.05, 0.1) is 11.3 Å². The van der Waals surface area contributed by atoms with Gasteiger partial charge in [-0.05, 0) is 63.6 Å². The van der Waals surface area contributed by atoms with Crippen molar-refractivity contribution in [1.29, 1.82) is 0 Å². The Balaban J connectivity index is 1.81. The van der Waals surface area contributed by atoms with Gasteiger partial charge in [-0.15, -0.1) is 0 Å². The van der Waals surface area contributed by atoms with Crippen LogP contribution in [0.5, 0.6) is 0 Å². The third-order valence-electron chi connectivity index (χ3n) is 6.59. The number of carbonyl (C=O) groups excluding carboxylic acids is 1. The first-order valence-electron chi connectivity index (χ1n) is 10.8. The SMILES string of the molecule is COC1(C)NC=C(C(=O)NC(C)C2CC2)C(N2CC[C@](C)(N)C2)=C1c1ccncc1. The highest BCUT2D eigenvalue weighted by molar-refractivity contribution is 6.01. The highest BCUT2D eigenvalue weighted by Gasteiger charge is 2.43. The minimum atomic E-state index is -0.782. The summed E-state index contributed by atoms with van der Waals surface area (Å²) in [6.07, 6.45) is 8.56. The number of nitrogens with one attached hydrogen (secondary N) is 2. The van der Waals surface area contributed by atoms with E-state index in [1.54, 1.807) is 25.7 Å². The number of likely N-dealkylation sites (tertiary alicyclic amines) is 1. The Kier molecular flexibility index (Phi) is 5.36. The second-order valence-electron chi connectivity index (χ2n) is 9.32. The minimum Gasteiger partial charge on any atom is -0.369 e. The second kappa shape index (κ2) is 7.71. The Bertz CT molecular complexity index is 875. The number of pyridine rings is 1. The van der Waals surface area contributed by atoms with Gasteiger partial charge in [0.15, 0.2) is 5.72 Å². The van der Waals surface area contributed by atoms with Crippen LogP contribution in [-0.4, -0.2) is 53.3 Å². The number of ether oxygens (including phenoxy) is 1. The fraction of sp³-hybridized carbons (Fsp3) is 0.565. The molecule has 30 heavy (non-hydrogen) atoms. The number of hydrogen-bond acceptors (Lipinski definition) is 6. The maximum atomic E-state index is 13.4. The molecule has 0 aromatic carbocycles. The van der Waals surface area contributed by atoms with Gasteiger partial charge in [0.2, 0.25) is 0 Å². The van der Waals surface area contributed by atoms with Crippen molar-refractivity contribution in [3.63, 3.8) is 0 Å². The zero-order valence-electron chi connectivity index (χ0n) is 18.4. The summed E-state index contributed by atoms with van der Waals surface area (Å²) < 4.78 is 5.92. The highest BCUT2D eigenvalue weighted by Crippen LogP contribution is 2.41. The monoisotopic (exact) mass is 411 g/mol. The molecule has 0 radical (unpaired) electrons. The van der Waals surface area contributed by atoms with Crippen molar-refractivity contribution in [3.05, 3.63) is 47.6 Å². The molecule has 0 bridgehead atoms. The number of methoxy groups -OCH3 is 1. The lowest BCUT2D eigenvalue weighted by molar-refractivity contribution is -0.118. The summed E-state index contributed by atoms with van der Waals surface area (Å²) in [4.78, 5) is 19.8. The van der Waals surface area contributed by atoms with Gasteiger partial charge in [0.1, 0.15) is 0 Å². The van der Waals surface area contributed by atoms with Gasteiger partial charge in [-0.25, -0.2) is 0 Å². The van der Waals surface area contributed by atoms with Gasteiger partial charge in [0, 0.05) is 55.9 Å². The van der Waals surface area contributed by atoms with Crippen LogP contribution in [0.2, 0.25) is 0 Å². The number of aromatic nitrogens is 1. The number of nitrogens with zero attached hydrogens (tertiary/aromatic N) is 2. The lowest BCUT2D eigenvalue weighted by Gasteiger charge is -2.40. The Labute approximate surface area is 178 Å². The first-order chi connectivity index (χ1) is 14.2. The van der Waals surface area contributed by atoms with Crippen molar-refractivity contribution in [2.24, 2.45) is 11.7 Å². The normalized spacial score (nSPS) is 30.0. The summed E-state index contributed by atoms with van der Waals surface area (Å²) in [6.45, 7) is 7.61. The minimum absolute atomic E-state index is 0.0627. The van der Waals surface area contributed by atoms with E-state index in [4.69, 9.17) is 10.5 Å². The molecule has 3 heterocycles. The number of hydrogen-bond donors (Lipinski definition) is 3. The standard InChI is InChI=1S/C23H33N5O2/c1-15(16-5-6-16)27-21(29)18-13-26-23(3,30-4)19(17-7-10-25-11-8-17)20(18)28-12-9-22(2,24)14-28/h7-8,10-11,13,15-16,26H,5-6,9,12,14,24H2,1-4H3,(H,27,29)/t15?,22-,23?/m0/s1. The zero-order chi connectivity index (χ0) is 21.5. The molecule has 1 saturated heterocycles. The fourth-order valence-corrected chi connectivity index (χ4v) is 4.48. The fourth-order valence-electron chi connectivity index (χ4n) is 4.48. The molecule has 0 spiro atoms.